The Bertz CT molecular complexity index is 380. The van der Waals surface area contributed by atoms with Crippen molar-refractivity contribution in [3.63, 3.8) is 0 Å². The molecule has 17 heavy (non-hydrogen) atoms. The third-order valence-electron chi connectivity index (χ3n) is 1.54. The van der Waals surface area contributed by atoms with Crippen LogP contribution in [0, 0.1) is 0 Å². The summed E-state index contributed by atoms with van der Waals surface area (Å²) in [4.78, 5) is 19.1. The van der Waals surface area contributed by atoms with Gasteiger partial charge in [0.15, 0.2) is 6.61 Å². The highest BCUT2D eigenvalue weighted by Crippen LogP contribution is 2.14. The molecule has 0 fully saturated rings. The summed E-state index contributed by atoms with van der Waals surface area (Å²) in [5, 5.41) is 2.07. The topological polar surface area (TPSA) is 77.2 Å². The Balaban J connectivity index is 2.41. The molecule has 0 aliphatic heterocycles. The fraction of sp³-hybridized carbons (Fsp3) is 0.500. The third-order valence-corrected chi connectivity index (χ3v) is 2.45. The number of nitrogens with two attached hydrogens (primary N) is 1. The van der Waals surface area contributed by atoms with Crippen LogP contribution in [0.4, 0.5) is 13.2 Å². The SMILES string of the molecule is NCCc1nc(C(=O)NOCC(F)(F)F)cs1. The summed E-state index contributed by atoms with van der Waals surface area (Å²) in [5.74, 6) is -0.811. The minimum absolute atomic E-state index is 0.0145. The number of carbonyl (C=O) groups excluding carboxylic acids is 1. The Morgan fingerprint density at radius 1 is 1.59 bits per heavy atom. The summed E-state index contributed by atoms with van der Waals surface area (Å²) >= 11 is 1.21. The molecule has 96 valence electrons. The van der Waals surface area contributed by atoms with Crippen LogP contribution in [0.1, 0.15) is 15.5 Å². The number of hydrogen-bond donors (Lipinski definition) is 2. The highest BCUT2D eigenvalue weighted by Gasteiger charge is 2.28. The number of thiazole rings is 1. The lowest BCUT2D eigenvalue weighted by Gasteiger charge is -2.06. The Kier molecular flexibility index (Phi) is 4.85. The van der Waals surface area contributed by atoms with Gasteiger partial charge in [0, 0.05) is 11.8 Å². The maximum Gasteiger partial charge on any atom is 0.414 e. The van der Waals surface area contributed by atoms with Gasteiger partial charge in [-0.2, -0.15) is 13.2 Å². The summed E-state index contributed by atoms with van der Waals surface area (Å²) in [6, 6.07) is 0. The Morgan fingerprint density at radius 2 is 2.29 bits per heavy atom. The molecule has 5 nitrogen and oxygen atoms in total. The zero-order chi connectivity index (χ0) is 12.9. The van der Waals surface area contributed by atoms with E-state index in [2.05, 4.69) is 9.82 Å². The highest BCUT2D eigenvalue weighted by atomic mass is 32.1. The van der Waals surface area contributed by atoms with E-state index >= 15 is 0 Å². The summed E-state index contributed by atoms with van der Waals surface area (Å²) < 4.78 is 35.1. The molecule has 0 aliphatic rings. The van der Waals surface area contributed by atoms with E-state index in [0.717, 1.165) is 0 Å². The molecule has 9 heteroatoms. The molecule has 1 aromatic rings. The van der Waals surface area contributed by atoms with Crippen LogP contribution in [0.3, 0.4) is 0 Å². The predicted octanol–water partition coefficient (Wildman–Crippen LogP) is 0.868. The van der Waals surface area contributed by atoms with Crippen molar-refractivity contribution in [2.45, 2.75) is 12.6 Å². The standard InChI is InChI=1S/C8H10F3N3O2S/c9-8(10,11)4-16-14-7(15)5-3-17-6(13-5)1-2-12/h3H,1-2,4,12H2,(H,14,15). The minimum atomic E-state index is -4.49. The Labute approximate surface area is 98.7 Å². The normalized spacial score (nSPS) is 11.5. The van der Waals surface area contributed by atoms with Crippen LogP contribution in [0.2, 0.25) is 0 Å². The van der Waals surface area contributed by atoms with Crippen molar-refractivity contribution >= 4 is 17.2 Å². The van der Waals surface area contributed by atoms with E-state index < -0.39 is 18.7 Å². The molecule has 0 spiro atoms. The Hall–Kier alpha value is -1.19. The van der Waals surface area contributed by atoms with Crippen molar-refractivity contribution < 1.29 is 22.8 Å². The van der Waals surface area contributed by atoms with E-state index in [-0.39, 0.29) is 5.69 Å². The van der Waals surface area contributed by atoms with E-state index in [1.807, 2.05) is 0 Å². The fourth-order valence-corrected chi connectivity index (χ4v) is 1.68. The van der Waals surface area contributed by atoms with Gasteiger partial charge in [0.05, 0.1) is 5.01 Å². The fourth-order valence-electron chi connectivity index (χ4n) is 0.889. The molecule has 1 aromatic heterocycles. The lowest BCUT2D eigenvalue weighted by Crippen LogP contribution is -2.29. The second-order valence-corrected chi connectivity index (χ2v) is 3.94. The van der Waals surface area contributed by atoms with Gasteiger partial charge in [-0.15, -0.1) is 11.3 Å². The molecule has 0 aliphatic carbocycles. The smallest absolute Gasteiger partial charge is 0.330 e. The first kappa shape index (κ1) is 13.9. The number of halogens is 3. The molecule has 0 saturated heterocycles. The maximum atomic E-state index is 11.7. The molecule has 1 heterocycles. The molecule has 0 saturated carbocycles. The lowest BCUT2D eigenvalue weighted by atomic mass is 10.4. The second kappa shape index (κ2) is 5.94. The van der Waals surface area contributed by atoms with Gasteiger partial charge in [0.2, 0.25) is 0 Å². The van der Waals surface area contributed by atoms with Crippen molar-refractivity contribution in [2.24, 2.45) is 5.73 Å². The first-order valence-corrected chi connectivity index (χ1v) is 5.43. The average Bonchev–Trinajstić information content (AvgIpc) is 2.65. The van der Waals surface area contributed by atoms with Crippen molar-refractivity contribution in [1.82, 2.24) is 10.5 Å². The number of aromatic nitrogens is 1. The molecule has 0 aromatic carbocycles. The van der Waals surface area contributed by atoms with Crippen LogP contribution in [0.25, 0.3) is 0 Å². The number of amides is 1. The van der Waals surface area contributed by atoms with Crippen LogP contribution in [0.15, 0.2) is 5.38 Å². The molecule has 3 N–H and O–H groups in total. The molecule has 0 radical (unpaired) electrons. The van der Waals surface area contributed by atoms with Crippen LogP contribution in [0.5, 0.6) is 0 Å². The van der Waals surface area contributed by atoms with E-state index in [0.29, 0.717) is 18.0 Å². The van der Waals surface area contributed by atoms with Gasteiger partial charge >= 0.3 is 6.18 Å². The molecule has 1 amide bonds. The molecule has 0 bridgehead atoms. The van der Waals surface area contributed by atoms with Gasteiger partial charge in [-0.1, -0.05) is 0 Å². The van der Waals surface area contributed by atoms with Crippen molar-refractivity contribution in [3.8, 4) is 0 Å². The van der Waals surface area contributed by atoms with Crippen LogP contribution in [-0.4, -0.2) is 30.2 Å². The number of hydrogen-bond acceptors (Lipinski definition) is 5. The van der Waals surface area contributed by atoms with E-state index in [1.54, 1.807) is 5.48 Å². The number of carbonyl (C=O) groups is 1. The highest BCUT2D eigenvalue weighted by molar-refractivity contribution is 7.09. The average molecular weight is 269 g/mol. The summed E-state index contributed by atoms with van der Waals surface area (Å²) in [6.45, 7) is -1.16. The summed E-state index contributed by atoms with van der Waals surface area (Å²) in [5.41, 5.74) is 6.97. The quantitative estimate of drug-likeness (QED) is 0.777. The number of nitrogens with one attached hydrogen (secondary N) is 1. The molecule has 0 atom stereocenters. The van der Waals surface area contributed by atoms with Crippen molar-refractivity contribution in [3.05, 3.63) is 16.1 Å². The molecule has 1 rings (SSSR count). The van der Waals surface area contributed by atoms with Gasteiger partial charge in [0.25, 0.3) is 5.91 Å². The van der Waals surface area contributed by atoms with Gasteiger partial charge < -0.3 is 5.73 Å². The zero-order valence-electron chi connectivity index (χ0n) is 8.58. The van der Waals surface area contributed by atoms with Gasteiger partial charge in [-0.25, -0.2) is 10.5 Å². The van der Waals surface area contributed by atoms with Gasteiger partial charge in [0.1, 0.15) is 5.69 Å². The summed E-state index contributed by atoms with van der Waals surface area (Å²) in [7, 11) is 0. The zero-order valence-corrected chi connectivity index (χ0v) is 9.40. The second-order valence-electron chi connectivity index (χ2n) is 3.00. The molecular weight excluding hydrogens is 259 g/mol. The van der Waals surface area contributed by atoms with Gasteiger partial charge in [-0.05, 0) is 6.54 Å². The first-order valence-electron chi connectivity index (χ1n) is 4.55. The predicted molar refractivity (Wildman–Crippen MR) is 54.3 cm³/mol. The lowest BCUT2D eigenvalue weighted by molar-refractivity contribution is -0.184. The molecular formula is C8H10F3N3O2S. The maximum absolute atomic E-state index is 11.7. The van der Waals surface area contributed by atoms with Crippen LogP contribution in [-0.2, 0) is 11.3 Å². The number of alkyl halides is 3. The number of rotatable bonds is 5. The van der Waals surface area contributed by atoms with Gasteiger partial charge in [-0.3, -0.25) is 9.63 Å². The van der Waals surface area contributed by atoms with E-state index in [9.17, 15) is 18.0 Å². The largest absolute Gasteiger partial charge is 0.414 e. The monoisotopic (exact) mass is 269 g/mol. The molecule has 0 unspecified atom stereocenters. The van der Waals surface area contributed by atoms with Crippen molar-refractivity contribution in [1.29, 1.82) is 0 Å². The van der Waals surface area contributed by atoms with Crippen LogP contribution >= 0.6 is 11.3 Å². The minimum Gasteiger partial charge on any atom is -0.330 e. The first-order chi connectivity index (χ1) is 7.92. The third kappa shape index (κ3) is 5.11. The number of nitrogens with zero attached hydrogens (tertiary/aromatic N) is 1. The van der Waals surface area contributed by atoms with E-state index in [4.69, 9.17) is 5.73 Å². The summed E-state index contributed by atoms with van der Waals surface area (Å²) in [6.07, 6.45) is -3.97. The van der Waals surface area contributed by atoms with Crippen molar-refractivity contribution in [2.75, 3.05) is 13.2 Å². The van der Waals surface area contributed by atoms with Crippen LogP contribution < -0.4 is 11.2 Å². The Morgan fingerprint density at radius 3 is 2.88 bits per heavy atom. The van der Waals surface area contributed by atoms with E-state index in [1.165, 1.54) is 16.7 Å². The number of hydroxylamine groups is 1.